The highest BCUT2D eigenvalue weighted by Gasteiger charge is 2.49. The number of nitrogens with two attached hydrogens (primary N) is 1. The molecule has 28 heavy (non-hydrogen) atoms. The topological polar surface area (TPSA) is 75.4 Å². The Balaban J connectivity index is 1.44. The molecule has 0 radical (unpaired) electrons. The second-order valence-electron chi connectivity index (χ2n) is 7.95. The van der Waals surface area contributed by atoms with Gasteiger partial charge in [-0.1, -0.05) is 18.6 Å². The lowest BCUT2D eigenvalue weighted by atomic mass is 9.63. The van der Waals surface area contributed by atoms with Crippen molar-refractivity contribution in [1.82, 2.24) is 19.8 Å². The van der Waals surface area contributed by atoms with Gasteiger partial charge in [0.2, 0.25) is 5.91 Å². The summed E-state index contributed by atoms with van der Waals surface area (Å²) >= 11 is 0. The molecule has 2 N–H and O–H groups in total. The fraction of sp³-hybridized carbons (Fsp3) is 0.476. The Morgan fingerprint density at radius 3 is 2.89 bits per heavy atom. The van der Waals surface area contributed by atoms with E-state index in [2.05, 4.69) is 14.9 Å². The van der Waals surface area contributed by atoms with E-state index in [1.165, 1.54) is 12.1 Å². The van der Waals surface area contributed by atoms with Crippen molar-refractivity contribution in [3.63, 3.8) is 0 Å². The van der Waals surface area contributed by atoms with E-state index < -0.39 is 5.41 Å². The summed E-state index contributed by atoms with van der Waals surface area (Å²) in [4.78, 5) is 26.0. The van der Waals surface area contributed by atoms with Gasteiger partial charge in [0.1, 0.15) is 17.5 Å². The average Bonchev–Trinajstić information content (AvgIpc) is 3.11. The summed E-state index contributed by atoms with van der Waals surface area (Å²) in [6.07, 6.45) is 5.16. The smallest absolute Gasteiger partial charge is 0.233 e. The number of likely N-dealkylation sites (N-methyl/N-ethyl adjacent to an activating group) is 1. The maximum Gasteiger partial charge on any atom is 0.233 e. The quantitative estimate of drug-likeness (QED) is 0.858. The standard InChI is InChI=1S/C21H26FN5O/c1-26(14-19-24-10-6-18(23)25-19)17-7-11-27(13-17)20(28)21(8-3-9-21)15-4-2-5-16(22)12-15/h2,4-6,10,12,17H,3,7-9,11,13-14H2,1H3,(H2,23,24,25). The van der Waals surface area contributed by atoms with Crippen molar-refractivity contribution >= 4 is 11.7 Å². The van der Waals surface area contributed by atoms with Crippen molar-refractivity contribution < 1.29 is 9.18 Å². The first-order valence-electron chi connectivity index (χ1n) is 9.81. The number of aromatic nitrogens is 2. The predicted molar refractivity (Wildman–Crippen MR) is 105 cm³/mol. The molecule has 148 valence electrons. The molecule has 7 heteroatoms. The summed E-state index contributed by atoms with van der Waals surface area (Å²) < 4.78 is 13.7. The second kappa shape index (κ2) is 7.47. The second-order valence-corrected chi connectivity index (χ2v) is 7.95. The fourth-order valence-corrected chi connectivity index (χ4v) is 4.37. The molecule has 1 saturated carbocycles. The number of hydrogen-bond acceptors (Lipinski definition) is 5. The molecule has 1 unspecified atom stereocenters. The number of hydrogen-bond donors (Lipinski definition) is 1. The van der Waals surface area contributed by atoms with Gasteiger partial charge < -0.3 is 10.6 Å². The molecule has 1 aliphatic heterocycles. The molecule has 1 amide bonds. The Morgan fingerprint density at radius 2 is 2.21 bits per heavy atom. The number of rotatable bonds is 5. The third kappa shape index (κ3) is 3.46. The Kier molecular flexibility index (Phi) is 5.02. The number of benzene rings is 1. The number of likely N-dealkylation sites (tertiary alicyclic amines) is 1. The molecule has 1 aliphatic carbocycles. The van der Waals surface area contributed by atoms with Crippen LogP contribution in [0.5, 0.6) is 0 Å². The van der Waals surface area contributed by atoms with Crippen LogP contribution in [0.4, 0.5) is 10.2 Å². The molecule has 2 fully saturated rings. The van der Waals surface area contributed by atoms with Gasteiger partial charge in [0, 0.05) is 25.3 Å². The van der Waals surface area contributed by atoms with E-state index in [-0.39, 0.29) is 17.8 Å². The van der Waals surface area contributed by atoms with Crippen LogP contribution in [-0.4, -0.2) is 51.9 Å². The summed E-state index contributed by atoms with van der Waals surface area (Å²) in [6.45, 7) is 1.99. The zero-order valence-corrected chi connectivity index (χ0v) is 16.1. The highest BCUT2D eigenvalue weighted by atomic mass is 19.1. The summed E-state index contributed by atoms with van der Waals surface area (Å²) in [5.74, 6) is 1.00. The molecule has 2 heterocycles. The Morgan fingerprint density at radius 1 is 1.39 bits per heavy atom. The number of amides is 1. The van der Waals surface area contributed by atoms with Gasteiger partial charge in [0.15, 0.2) is 0 Å². The highest BCUT2D eigenvalue weighted by Crippen LogP contribution is 2.46. The first-order chi connectivity index (χ1) is 13.5. The number of nitrogen functional groups attached to an aromatic ring is 1. The third-order valence-corrected chi connectivity index (χ3v) is 6.19. The molecule has 4 rings (SSSR count). The van der Waals surface area contributed by atoms with Gasteiger partial charge in [-0.05, 0) is 50.1 Å². The normalized spacial score (nSPS) is 21.0. The monoisotopic (exact) mass is 383 g/mol. The summed E-state index contributed by atoms with van der Waals surface area (Å²) in [5.41, 5.74) is 6.00. The minimum atomic E-state index is -0.549. The van der Waals surface area contributed by atoms with Crippen LogP contribution in [0, 0.1) is 5.82 Å². The van der Waals surface area contributed by atoms with Crippen molar-refractivity contribution in [3.8, 4) is 0 Å². The number of nitrogens with zero attached hydrogens (tertiary/aromatic N) is 4. The lowest BCUT2D eigenvalue weighted by molar-refractivity contribution is -0.140. The molecule has 6 nitrogen and oxygen atoms in total. The van der Waals surface area contributed by atoms with E-state index in [0.717, 1.165) is 37.8 Å². The van der Waals surface area contributed by atoms with Crippen LogP contribution in [0.25, 0.3) is 0 Å². The van der Waals surface area contributed by atoms with Gasteiger partial charge in [0.25, 0.3) is 0 Å². The maximum atomic E-state index is 13.7. The molecule has 1 aromatic heterocycles. The van der Waals surface area contributed by atoms with Gasteiger partial charge in [-0.3, -0.25) is 9.69 Å². The summed E-state index contributed by atoms with van der Waals surface area (Å²) in [6, 6.07) is 8.46. The Bertz CT molecular complexity index is 869. The van der Waals surface area contributed by atoms with Crippen molar-refractivity contribution in [1.29, 1.82) is 0 Å². The number of anilines is 1. The summed E-state index contributed by atoms with van der Waals surface area (Å²) in [7, 11) is 2.02. The molecular weight excluding hydrogens is 357 g/mol. The average molecular weight is 383 g/mol. The van der Waals surface area contributed by atoms with E-state index in [9.17, 15) is 9.18 Å². The molecule has 1 atom stereocenters. The minimum absolute atomic E-state index is 0.139. The van der Waals surface area contributed by atoms with Gasteiger partial charge in [-0.25, -0.2) is 14.4 Å². The molecule has 1 aromatic carbocycles. The largest absolute Gasteiger partial charge is 0.384 e. The van der Waals surface area contributed by atoms with E-state index in [4.69, 9.17) is 5.73 Å². The van der Waals surface area contributed by atoms with Crippen molar-refractivity contribution in [3.05, 3.63) is 53.7 Å². The SMILES string of the molecule is CN(Cc1nccc(N)n1)C1CCN(C(=O)C2(c3cccc(F)c3)CCC2)C1. The molecule has 0 spiro atoms. The van der Waals surface area contributed by atoms with Crippen LogP contribution in [0.15, 0.2) is 36.5 Å². The first kappa shape index (κ1) is 18.8. The molecular formula is C21H26FN5O. The minimum Gasteiger partial charge on any atom is -0.384 e. The van der Waals surface area contributed by atoms with Crippen LogP contribution in [0.2, 0.25) is 0 Å². The van der Waals surface area contributed by atoms with E-state index in [0.29, 0.717) is 24.7 Å². The lowest BCUT2D eigenvalue weighted by Crippen LogP contribution is -2.51. The Labute approximate surface area is 164 Å². The molecule has 1 saturated heterocycles. The van der Waals surface area contributed by atoms with Crippen LogP contribution in [0.3, 0.4) is 0 Å². The fourth-order valence-electron chi connectivity index (χ4n) is 4.37. The van der Waals surface area contributed by atoms with E-state index >= 15 is 0 Å². The van der Waals surface area contributed by atoms with E-state index in [1.807, 2.05) is 18.0 Å². The molecule has 2 aromatic rings. The van der Waals surface area contributed by atoms with E-state index in [1.54, 1.807) is 18.3 Å². The van der Waals surface area contributed by atoms with Crippen molar-refractivity contribution in [2.75, 3.05) is 25.9 Å². The van der Waals surface area contributed by atoms with Crippen molar-refractivity contribution in [2.24, 2.45) is 0 Å². The molecule has 2 aliphatic rings. The third-order valence-electron chi connectivity index (χ3n) is 6.19. The number of halogens is 1. The van der Waals surface area contributed by atoms with Gasteiger partial charge in [0.05, 0.1) is 12.0 Å². The number of carbonyl (C=O) groups excluding carboxylic acids is 1. The lowest BCUT2D eigenvalue weighted by Gasteiger charge is -2.43. The maximum absolute atomic E-state index is 13.7. The number of carbonyl (C=O) groups is 1. The van der Waals surface area contributed by atoms with Crippen molar-refractivity contribution in [2.45, 2.75) is 43.7 Å². The predicted octanol–water partition coefficient (Wildman–Crippen LogP) is 2.35. The van der Waals surface area contributed by atoms with Gasteiger partial charge in [-0.2, -0.15) is 0 Å². The summed E-state index contributed by atoms with van der Waals surface area (Å²) in [5, 5.41) is 0. The Hall–Kier alpha value is -2.54. The van der Waals surface area contributed by atoms with Crippen LogP contribution < -0.4 is 5.73 Å². The van der Waals surface area contributed by atoms with Crippen LogP contribution in [-0.2, 0) is 16.8 Å². The van der Waals surface area contributed by atoms with Gasteiger partial charge in [-0.15, -0.1) is 0 Å². The van der Waals surface area contributed by atoms with Gasteiger partial charge >= 0.3 is 0 Å². The molecule has 0 bridgehead atoms. The zero-order chi connectivity index (χ0) is 19.7. The first-order valence-corrected chi connectivity index (χ1v) is 9.81. The van der Waals surface area contributed by atoms with Crippen LogP contribution >= 0.6 is 0 Å². The highest BCUT2D eigenvalue weighted by molar-refractivity contribution is 5.89. The van der Waals surface area contributed by atoms with Crippen LogP contribution in [0.1, 0.15) is 37.1 Å². The zero-order valence-electron chi connectivity index (χ0n) is 16.1.